The number of nitrogens with one attached hydrogen (secondary N) is 2. The van der Waals surface area contributed by atoms with Crippen LogP contribution < -0.4 is 15.4 Å². The van der Waals surface area contributed by atoms with Crippen molar-refractivity contribution in [2.45, 2.75) is 33.6 Å². The second kappa shape index (κ2) is 8.87. The van der Waals surface area contributed by atoms with Crippen molar-refractivity contribution in [3.05, 3.63) is 53.6 Å². The van der Waals surface area contributed by atoms with Crippen molar-refractivity contribution in [3.8, 4) is 5.75 Å². The van der Waals surface area contributed by atoms with Crippen LogP contribution in [0.2, 0.25) is 0 Å². The van der Waals surface area contributed by atoms with Crippen LogP contribution >= 0.6 is 0 Å². The first-order chi connectivity index (χ1) is 12.0. The maximum absolute atomic E-state index is 12.0. The number of hydrogen-bond donors (Lipinski definition) is 2. The summed E-state index contributed by atoms with van der Waals surface area (Å²) in [7, 11) is 0. The van der Waals surface area contributed by atoms with Gasteiger partial charge in [0.15, 0.2) is 6.61 Å². The molecule has 2 aromatic rings. The lowest BCUT2D eigenvalue weighted by Gasteiger charge is -2.11. The summed E-state index contributed by atoms with van der Waals surface area (Å²) in [6.45, 7) is 5.82. The van der Waals surface area contributed by atoms with Crippen molar-refractivity contribution in [2.75, 3.05) is 17.2 Å². The Morgan fingerprint density at radius 1 is 0.920 bits per heavy atom. The second-order valence-corrected chi connectivity index (χ2v) is 5.98. The van der Waals surface area contributed by atoms with E-state index in [1.807, 2.05) is 39.0 Å². The van der Waals surface area contributed by atoms with Crippen molar-refractivity contribution in [1.82, 2.24) is 0 Å². The van der Waals surface area contributed by atoms with Gasteiger partial charge in [-0.15, -0.1) is 0 Å². The van der Waals surface area contributed by atoms with E-state index in [1.54, 1.807) is 24.3 Å². The van der Waals surface area contributed by atoms with E-state index in [-0.39, 0.29) is 18.4 Å². The number of carbonyl (C=O) groups is 2. The van der Waals surface area contributed by atoms with Crippen LogP contribution in [0, 0.1) is 13.8 Å². The van der Waals surface area contributed by atoms with Gasteiger partial charge in [-0.1, -0.05) is 19.1 Å². The number of rotatable bonds is 7. The monoisotopic (exact) mass is 340 g/mol. The minimum atomic E-state index is -0.233. The zero-order chi connectivity index (χ0) is 18.2. The number of ether oxygens (including phenoxy) is 1. The number of benzene rings is 2. The number of aryl methyl sites for hydroxylation is 2. The van der Waals surface area contributed by atoms with E-state index in [0.717, 1.165) is 17.5 Å². The number of carbonyl (C=O) groups excluding carboxylic acids is 2. The van der Waals surface area contributed by atoms with Crippen molar-refractivity contribution in [1.29, 1.82) is 0 Å². The Bertz CT molecular complexity index is 739. The Morgan fingerprint density at radius 3 is 2.12 bits per heavy atom. The standard InChI is InChI=1S/C20H24N2O3/c1-4-5-19(23)21-16-8-10-17(11-9-16)22-20(24)13-25-18-12-14(2)6-7-15(18)3/h6-12H,4-5,13H2,1-3H3,(H,21,23)(H,22,24). The summed E-state index contributed by atoms with van der Waals surface area (Å²) in [5.41, 5.74) is 3.44. The molecule has 0 aromatic heterocycles. The van der Waals surface area contributed by atoms with Crippen LogP contribution in [0.15, 0.2) is 42.5 Å². The fraction of sp³-hybridized carbons (Fsp3) is 0.300. The van der Waals surface area contributed by atoms with Gasteiger partial charge in [-0.3, -0.25) is 9.59 Å². The molecule has 0 aliphatic rings. The first-order valence-electron chi connectivity index (χ1n) is 8.37. The third-order valence-corrected chi connectivity index (χ3v) is 3.63. The highest BCUT2D eigenvalue weighted by molar-refractivity contribution is 5.93. The Balaban J connectivity index is 1.86. The molecule has 0 saturated heterocycles. The van der Waals surface area contributed by atoms with Crippen molar-refractivity contribution < 1.29 is 14.3 Å². The molecule has 0 fully saturated rings. The molecule has 0 unspecified atom stereocenters. The maximum atomic E-state index is 12.0. The van der Waals surface area contributed by atoms with Crippen LogP contribution in [0.5, 0.6) is 5.75 Å². The van der Waals surface area contributed by atoms with Crippen LogP contribution in [0.4, 0.5) is 11.4 Å². The third kappa shape index (κ3) is 5.95. The van der Waals surface area contributed by atoms with E-state index in [9.17, 15) is 9.59 Å². The molecule has 2 rings (SSSR count). The largest absolute Gasteiger partial charge is 0.483 e. The van der Waals surface area contributed by atoms with Crippen LogP contribution in [0.25, 0.3) is 0 Å². The van der Waals surface area contributed by atoms with Gasteiger partial charge in [-0.2, -0.15) is 0 Å². The second-order valence-electron chi connectivity index (χ2n) is 5.98. The summed E-state index contributed by atoms with van der Waals surface area (Å²) in [5.74, 6) is 0.467. The molecule has 0 spiro atoms. The fourth-order valence-corrected chi connectivity index (χ4v) is 2.29. The zero-order valence-electron chi connectivity index (χ0n) is 14.9. The minimum absolute atomic E-state index is 0.0128. The molecule has 2 amide bonds. The molecule has 2 aromatic carbocycles. The molecule has 0 aliphatic carbocycles. The summed E-state index contributed by atoms with van der Waals surface area (Å²) in [6.07, 6.45) is 1.30. The van der Waals surface area contributed by atoms with E-state index in [4.69, 9.17) is 4.74 Å². The zero-order valence-corrected chi connectivity index (χ0v) is 14.9. The highest BCUT2D eigenvalue weighted by Gasteiger charge is 2.06. The lowest BCUT2D eigenvalue weighted by Crippen LogP contribution is -2.20. The van der Waals surface area contributed by atoms with E-state index in [0.29, 0.717) is 23.5 Å². The summed E-state index contributed by atoms with van der Waals surface area (Å²) in [5, 5.41) is 5.58. The first-order valence-corrected chi connectivity index (χ1v) is 8.37. The average Bonchev–Trinajstić information content (AvgIpc) is 2.58. The van der Waals surface area contributed by atoms with Crippen LogP contribution in [-0.2, 0) is 9.59 Å². The van der Waals surface area contributed by atoms with Gasteiger partial charge in [0.05, 0.1) is 0 Å². The molecule has 2 N–H and O–H groups in total. The molecule has 0 bridgehead atoms. The molecule has 5 nitrogen and oxygen atoms in total. The number of amides is 2. The van der Waals surface area contributed by atoms with Gasteiger partial charge in [0.2, 0.25) is 5.91 Å². The van der Waals surface area contributed by atoms with Crippen LogP contribution in [-0.4, -0.2) is 18.4 Å². The van der Waals surface area contributed by atoms with Crippen molar-refractivity contribution in [2.24, 2.45) is 0 Å². The van der Waals surface area contributed by atoms with Gasteiger partial charge in [-0.25, -0.2) is 0 Å². The van der Waals surface area contributed by atoms with Gasteiger partial charge in [0, 0.05) is 17.8 Å². The summed E-state index contributed by atoms with van der Waals surface area (Å²) < 4.78 is 5.59. The van der Waals surface area contributed by atoms with Crippen LogP contribution in [0.3, 0.4) is 0 Å². The molecular formula is C20H24N2O3. The average molecular weight is 340 g/mol. The van der Waals surface area contributed by atoms with Crippen molar-refractivity contribution in [3.63, 3.8) is 0 Å². The Kier molecular flexibility index (Phi) is 6.57. The fourth-order valence-electron chi connectivity index (χ4n) is 2.29. The molecule has 25 heavy (non-hydrogen) atoms. The third-order valence-electron chi connectivity index (χ3n) is 3.63. The molecule has 0 atom stereocenters. The van der Waals surface area contributed by atoms with Gasteiger partial charge in [-0.05, 0) is 61.7 Å². The topological polar surface area (TPSA) is 67.4 Å². The van der Waals surface area contributed by atoms with Crippen LogP contribution in [0.1, 0.15) is 30.9 Å². The summed E-state index contributed by atoms with van der Waals surface area (Å²) in [6, 6.07) is 12.9. The predicted molar refractivity (Wildman–Crippen MR) is 100 cm³/mol. The minimum Gasteiger partial charge on any atom is -0.483 e. The Morgan fingerprint density at radius 2 is 1.52 bits per heavy atom. The van der Waals surface area contributed by atoms with Gasteiger partial charge in [0.1, 0.15) is 5.75 Å². The molecule has 0 aliphatic heterocycles. The summed E-state index contributed by atoms with van der Waals surface area (Å²) in [4.78, 5) is 23.6. The number of hydrogen-bond acceptors (Lipinski definition) is 3. The lowest BCUT2D eigenvalue weighted by molar-refractivity contribution is -0.118. The van der Waals surface area contributed by atoms with Gasteiger partial charge < -0.3 is 15.4 Å². The molecule has 0 radical (unpaired) electrons. The normalized spacial score (nSPS) is 10.2. The Hall–Kier alpha value is -2.82. The molecule has 0 heterocycles. The van der Waals surface area contributed by atoms with E-state index in [1.165, 1.54) is 0 Å². The Labute approximate surface area is 148 Å². The number of anilines is 2. The van der Waals surface area contributed by atoms with Gasteiger partial charge >= 0.3 is 0 Å². The van der Waals surface area contributed by atoms with E-state index in [2.05, 4.69) is 10.6 Å². The molecule has 5 heteroatoms. The maximum Gasteiger partial charge on any atom is 0.262 e. The summed E-state index contributed by atoms with van der Waals surface area (Å²) >= 11 is 0. The molecule has 0 saturated carbocycles. The van der Waals surface area contributed by atoms with E-state index >= 15 is 0 Å². The SMILES string of the molecule is CCCC(=O)Nc1ccc(NC(=O)COc2cc(C)ccc2C)cc1. The van der Waals surface area contributed by atoms with Crippen molar-refractivity contribution >= 4 is 23.2 Å². The van der Waals surface area contributed by atoms with Gasteiger partial charge in [0.25, 0.3) is 5.91 Å². The highest BCUT2D eigenvalue weighted by Crippen LogP contribution is 2.19. The predicted octanol–water partition coefficient (Wildman–Crippen LogP) is 4.06. The quantitative estimate of drug-likeness (QED) is 0.799. The highest BCUT2D eigenvalue weighted by atomic mass is 16.5. The first kappa shape index (κ1) is 18.5. The lowest BCUT2D eigenvalue weighted by atomic mass is 10.1. The molecular weight excluding hydrogens is 316 g/mol. The molecule has 132 valence electrons. The van der Waals surface area contributed by atoms with E-state index < -0.39 is 0 Å². The smallest absolute Gasteiger partial charge is 0.262 e.